The second kappa shape index (κ2) is 5.05. The smallest absolute Gasteiger partial charge is 0.331 e. The Bertz CT molecular complexity index is 761. The number of hydrogen-bond donors (Lipinski definition) is 1. The van der Waals surface area contributed by atoms with Crippen LogP contribution in [-0.4, -0.2) is 14.7 Å². The van der Waals surface area contributed by atoms with Crippen molar-refractivity contribution in [1.82, 2.24) is 9.48 Å². The van der Waals surface area contributed by atoms with Gasteiger partial charge in [-0.25, -0.2) is 4.79 Å². The highest BCUT2D eigenvalue weighted by molar-refractivity contribution is 5.27. The van der Waals surface area contributed by atoms with Crippen LogP contribution >= 0.6 is 0 Å². The lowest BCUT2D eigenvalue weighted by Crippen LogP contribution is -2.41. The van der Waals surface area contributed by atoms with E-state index in [-0.39, 0.29) is 5.56 Å². The van der Waals surface area contributed by atoms with E-state index < -0.39 is 0 Å². The van der Waals surface area contributed by atoms with Crippen molar-refractivity contribution >= 4 is 0 Å². The van der Waals surface area contributed by atoms with Gasteiger partial charge in [-0.05, 0) is 22.5 Å². The second-order valence-electron chi connectivity index (χ2n) is 4.46. The van der Waals surface area contributed by atoms with Crippen LogP contribution in [-0.2, 0) is 6.54 Å². The fraction of sp³-hybridized carbons (Fsp3) is 0.0667. The third-order valence-electron chi connectivity index (χ3n) is 3.07. The van der Waals surface area contributed by atoms with E-state index in [9.17, 15) is 10.0 Å². The average Bonchev–Trinajstić information content (AvgIpc) is 2.75. The molecular weight excluding hydrogens is 254 g/mol. The van der Waals surface area contributed by atoms with Crippen LogP contribution in [0.4, 0.5) is 0 Å². The van der Waals surface area contributed by atoms with Gasteiger partial charge >= 0.3 is 5.56 Å². The highest BCUT2D eigenvalue weighted by Gasteiger charge is 2.20. The molecule has 3 aromatic rings. The van der Waals surface area contributed by atoms with E-state index in [1.165, 1.54) is 9.48 Å². The summed E-state index contributed by atoms with van der Waals surface area (Å²) in [6.45, 7) is 0.391. The topological polar surface area (TPSA) is 51.0 Å². The van der Waals surface area contributed by atoms with E-state index in [4.69, 9.17) is 0 Å². The van der Waals surface area contributed by atoms with Gasteiger partial charge in [-0.15, -0.1) is 4.68 Å². The summed E-state index contributed by atoms with van der Waals surface area (Å²) >= 11 is 0. The number of nitrogens with zero attached hydrogens (tertiary/aromatic N) is 3. The molecule has 0 aliphatic carbocycles. The summed E-state index contributed by atoms with van der Waals surface area (Å²) < 4.78 is 1.48. The summed E-state index contributed by atoms with van der Waals surface area (Å²) in [5, 5.41) is 9.90. The number of aromatic nitrogens is 3. The molecule has 2 aromatic carbocycles. The molecule has 0 spiro atoms. The molecule has 0 unspecified atom stereocenters. The molecule has 5 heteroatoms. The van der Waals surface area contributed by atoms with Crippen molar-refractivity contribution in [2.75, 3.05) is 0 Å². The Balaban J connectivity index is 2.10. The molecule has 0 saturated heterocycles. The first-order chi connectivity index (χ1) is 9.75. The molecule has 100 valence electrons. The van der Waals surface area contributed by atoms with Crippen molar-refractivity contribution in [2.24, 2.45) is 0 Å². The minimum atomic E-state index is -0.264. The largest absolute Gasteiger partial charge is 0.398 e. The van der Waals surface area contributed by atoms with Gasteiger partial charge in [-0.3, -0.25) is 0 Å². The molecule has 20 heavy (non-hydrogen) atoms. The predicted molar refractivity (Wildman–Crippen MR) is 73.0 cm³/mol. The van der Waals surface area contributed by atoms with E-state index in [1.807, 2.05) is 60.7 Å². The normalized spacial score (nSPS) is 10.6. The summed E-state index contributed by atoms with van der Waals surface area (Å²) in [6, 6.07) is 18.9. The van der Waals surface area contributed by atoms with Crippen molar-refractivity contribution in [3.63, 3.8) is 0 Å². The summed E-state index contributed by atoms with van der Waals surface area (Å²) in [5.74, 6) is 0. The minimum Gasteiger partial charge on any atom is -0.331 e. The van der Waals surface area contributed by atoms with Gasteiger partial charge in [0.15, 0.2) is 0 Å². The lowest BCUT2D eigenvalue weighted by atomic mass is 10.2. The van der Waals surface area contributed by atoms with Crippen LogP contribution in [0.2, 0.25) is 0 Å². The maximum absolute atomic E-state index is 12.0. The molecule has 1 N–H and O–H groups in total. The Morgan fingerprint density at radius 3 is 2.20 bits per heavy atom. The molecule has 0 fully saturated rings. The first-order valence-corrected chi connectivity index (χ1v) is 6.29. The van der Waals surface area contributed by atoms with Gasteiger partial charge in [0, 0.05) is 4.85 Å². The monoisotopic (exact) mass is 268 g/mol. The second-order valence-corrected chi connectivity index (χ2v) is 4.46. The number of benzene rings is 2. The Kier molecular flexibility index (Phi) is 3.09. The van der Waals surface area contributed by atoms with Crippen molar-refractivity contribution < 1.29 is 10.1 Å². The van der Waals surface area contributed by atoms with E-state index in [0.29, 0.717) is 12.2 Å². The molecular formula is C15H14N3O2+. The van der Waals surface area contributed by atoms with E-state index in [2.05, 4.69) is 0 Å². The highest BCUT2D eigenvalue weighted by atomic mass is 16.5. The van der Waals surface area contributed by atoms with Crippen LogP contribution in [0, 0.1) is 0 Å². The van der Waals surface area contributed by atoms with Gasteiger partial charge < -0.3 is 5.21 Å². The molecule has 1 heterocycles. The lowest BCUT2D eigenvalue weighted by molar-refractivity contribution is -0.962. The van der Waals surface area contributed by atoms with Crippen molar-refractivity contribution in [1.29, 1.82) is 0 Å². The van der Waals surface area contributed by atoms with Gasteiger partial charge in [0.1, 0.15) is 12.2 Å². The third kappa shape index (κ3) is 2.21. The SMILES string of the molecule is O=c1c[n+](O)n(-c2ccccc2)n1Cc1ccccc1. The average molecular weight is 268 g/mol. The predicted octanol–water partition coefficient (Wildman–Crippen LogP) is 1.21. The minimum absolute atomic E-state index is 0.264. The summed E-state index contributed by atoms with van der Waals surface area (Å²) in [4.78, 5) is 14.2. The summed E-state index contributed by atoms with van der Waals surface area (Å²) in [6.07, 6.45) is 1.15. The molecule has 1 aromatic heterocycles. The van der Waals surface area contributed by atoms with Crippen LogP contribution in [0.15, 0.2) is 71.7 Å². The molecule has 0 saturated carbocycles. The quantitative estimate of drug-likeness (QED) is 0.573. The maximum Gasteiger partial charge on any atom is 0.398 e. The number of rotatable bonds is 3. The molecule has 5 nitrogen and oxygen atoms in total. The molecule has 0 aliphatic heterocycles. The Morgan fingerprint density at radius 2 is 1.55 bits per heavy atom. The summed E-state index contributed by atoms with van der Waals surface area (Å²) in [5.41, 5.74) is 1.44. The number of hydrogen-bond acceptors (Lipinski definition) is 2. The van der Waals surface area contributed by atoms with Gasteiger partial charge in [0.2, 0.25) is 0 Å². The Labute approximate surface area is 115 Å². The first-order valence-electron chi connectivity index (χ1n) is 6.29. The van der Waals surface area contributed by atoms with Crippen LogP contribution in [0.1, 0.15) is 5.56 Å². The molecule has 0 aliphatic rings. The molecule has 0 bridgehead atoms. The molecule has 0 radical (unpaired) electrons. The number of para-hydroxylation sites is 1. The zero-order valence-corrected chi connectivity index (χ0v) is 10.8. The van der Waals surface area contributed by atoms with Crippen LogP contribution < -0.4 is 10.4 Å². The first kappa shape index (κ1) is 12.2. The van der Waals surface area contributed by atoms with E-state index >= 15 is 0 Å². The Morgan fingerprint density at radius 1 is 0.950 bits per heavy atom. The van der Waals surface area contributed by atoms with Crippen LogP contribution in [0.3, 0.4) is 0 Å². The van der Waals surface area contributed by atoms with Crippen LogP contribution in [0.25, 0.3) is 5.69 Å². The van der Waals surface area contributed by atoms with E-state index in [0.717, 1.165) is 16.6 Å². The summed E-state index contributed by atoms with van der Waals surface area (Å²) in [7, 11) is 0. The van der Waals surface area contributed by atoms with E-state index in [1.54, 1.807) is 0 Å². The van der Waals surface area contributed by atoms with Crippen LogP contribution in [0.5, 0.6) is 0 Å². The maximum atomic E-state index is 12.0. The fourth-order valence-electron chi connectivity index (χ4n) is 2.14. The van der Waals surface area contributed by atoms with Gasteiger partial charge in [-0.1, -0.05) is 48.5 Å². The van der Waals surface area contributed by atoms with Crippen molar-refractivity contribution in [3.8, 4) is 5.69 Å². The fourth-order valence-corrected chi connectivity index (χ4v) is 2.14. The molecule has 0 amide bonds. The van der Waals surface area contributed by atoms with Gasteiger partial charge in [-0.2, -0.15) is 0 Å². The lowest BCUT2D eigenvalue weighted by Gasteiger charge is -2.04. The third-order valence-corrected chi connectivity index (χ3v) is 3.07. The zero-order chi connectivity index (χ0) is 13.9. The standard InChI is InChI=1S/C15H14N3O2/c19-15-12-17(20)18(14-9-5-2-6-10-14)16(15)11-13-7-3-1-4-8-13/h1-10,12,20H,11H2/q+1. The Hall–Kier alpha value is -2.82. The van der Waals surface area contributed by atoms with Crippen molar-refractivity contribution in [3.05, 3.63) is 82.8 Å². The van der Waals surface area contributed by atoms with Gasteiger partial charge in [0.05, 0.1) is 0 Å². The zero-order valence-electron chi connectivity index (χ0n) is 10.8. The van der Waals surface area contributed by atoms with Crippen molar-refractivity contribution in [2.45, 2.75) is 6.54 Å². The highest BCUT2D eigenvalue weighted by Crippen LogP contribution is 2.05. The van der Waals surface area contributed by atoms with Gasteiger partial charge in [0.25, 0.3) is 6.20 Å². The molecule has 3 rings (SSSR count). The molecule has 0 atom stereocenters.